The fourth-order valence-corrected chi connectivity index (χ4v) is 1.79. The van der Waals surface area contributed by atoms with Gasteiger partial charge in [-0.2, -0.15) is 0 Å². The first-order valence-corrected chi connectivity index (χ1v) is 6.34. The van der Waals surface area contributed by atoms with E-state index in [0.717, 1.165) is 12.0 Å². The van der Waals surface area contributed by atoms with Gasteiger partial charge >= 0.3 is 5.97 Å². The largest absolute Gasteiger partial charge is 0.461 e. The van der Waals surface area contributed by atoms with E-state index in [1.807, 2.05) is 0 Å². The average Bonchev–Trinajstić information content (AvgIpc) is 2.75. The van der Waals surface area contributed by atoms with E-state index in [1.54, 1.807) is 13.0 Å². The predicted molar refractivity (Wildman–Crippen MR) is 71.8 cm³/mol. The summed E-state index contributed by atoms with van der Waals surface area (Å²) in [5, 5.41) is 3.72. The van der Waals surface area contributed by atoms with Crippen molar-refractivity contribution in [3.63, 3.8) is 0 Å². The Morgan fingerprint density at radius 3 is 3.11 bits per heavy atom. The van der Waals surface area contributed by atoms with Crippen LogP contribution in [-0.4, -0.2) is 17.7 Å². The maximum Gasteiger partial charge on any atom is 0.360 e. The highest BCUT2D eigenvalue weighted by molar-refractivity contribution is 5.87. The Labute approximate surface area is 112 Å². The summed E-state index contributed by atoms with van der Waals surface area (Å²) >= 11 is 0. The van der Waals surface area contributed by atoms with Gasteiger partial charge in [0.2, 0.25) is 0 Å². The summed E-state index contributed by atoms with van der Waals surface area (Å²) < 4.78 is 10.0. The first-order valence-electron chi connectivity index (χ1n) is 6.34. The first kappa shape index (κ1) is 13.3. The van der Waals surface area contributed by atoms with Crippen molar-refractivity contribution in [3.8, 4) is 0 Å². The van der Waals surface area contributed by atoms with Gasteiger partial charge in [0.15, 0.2) is 5.69 Å². The molecular formula is C15H17NO3. The van der Waals surface area contributed by atoms with Gasteiger partial charge in [-0.15, -0.1) is 0 Å². The third-order valence-electron chi connectivity index (χ3n) is 2.78. The molecule has 0 N–H and O–H groups in total. The minimum Gasteiger partial charge on any atom is -0.461 e. The topological polar surface area (TPSA) is 52.3 Å². The molecule has 1 aromatic rings. The van der Waals surface area contributed by atoms with Crippen LogP contribution in [0.15, 0.2) is 46.0 Å². The zero-order valence-electron chi connectivity index (χ0n) is 11.2. The molecule has 0 saturated carbocycles. The molecule has 2 rings (SSSR count). The number of aromatic nitrogens is 1. The van der Waals surface area contributed by atoms with Gasteiger partial charge in [0, 0.05) is 12.5 Å². The SMILES string of the molecule is CCOC(=O)c1cc(CC2=CC=C(C)CC=C2)on1. The summed E-state index contributed by atoms with van der Waals surface area (Å²) in [5.41, 5.74) is 2.67. The normalized spacial score (nSPS) is 14.6. The third kappa shape index (κ3) is 3.68. The van der Waals surface area contributed by atoms with Crippen LogP contribution < -0.4 is 0 Å². The number of nitrogens with zero attached hydrogens (tertiary/aromatic N) is 1. The molecule has 19 heavy (non-hydrogen) atoms. The number of hydrogen-bond donors (Lipinski definition) is 0. The second kappa shape index (κ2) is 6.18. The van der Waals surface area contributed by atoms with E-state index in [9.17, 15) is 4.79 Å². The zero-order chi connectivity index (χ0) is 13.7. The standard InChI is InChI=1S/C15H17NO3/c1-3-18-15(17)14-10-13(19-16-14)9-12-6-4-5-11(2)7-8-12/h4,6-8,10H,3,5,9H2,1-2H3. The Morgan fingerprint density at radius 2 is 2.32 bits per heavy atom. The van der Waals surface area contributed by atoms with Crippen LogP contribution in [0.2, 0.25) is 0 Å². The highest BCUT2D eigenvalue weighted by atomic mass is 16.5. The number of carbonyl (C=O) groups is 1. The second-order valence-electron chi connectivity index (χ2n) is 4.44. The highest BCUT2D eigenvalue weighted by Gasteiger charge is 2.13. The van der Waals surface area contributed by atoms with Crippen LogP contribution in [0.3, 0.4) is 0 Å². The number of hydrogen-bond acceptors (Lipinski definition) is 4. The number of rotatable bonds is 4. The fraction of sp³-hybridized carbons (Fsp3) is 0.333. The maximum absolute atomic E-state index is 11.5. The van der Waals surface area contributed by atoms with Crippen molar-refractivity contribution in [2.75, 3.05) is 6.61 Å². The lowest BCUT2D eigenvalue weighted by molar-refractivity contribution is 0.0514. The van der Waals surface area contributed by atoms with Crippen molar-refractivity contribution < 1.29 is 14.1 Å². The first-order chi connectivity index (χ1) is 9.19. The number of esters is 1. The Morgan fingerprint density at radius 1 is 1.47 bits per heavy atom. The van der Waals surface area contributed by atoms with Crippen molar-refractivity contribution >= 4 is 5.97 Å². The molecule has 0 unspecified atom stereocenters. The molecule has 0 fully saturated rings. The number of allylic oxidation sites excluding steroid dienone is 6. The molecule has 0 atom stereocenters. The van der Waals surface area contributed by atoms with Crippen LogP contribution in [0, 0.1) is 0 Å². The molecule has 1 aliphatic carbocycles. The van der Waals surface area contributed by atoms with E-state index in [1.165, 1.54) is 5.57 Å². The molecule has 0 saturated heterocycles. The lowest BCUT2D eigenvalue weighted by Gasteiger charge is -1.95. The van der Waals surface area contributed by atoms with Crippen LogP contribution in [0.1, 0.15) is 36.5 Å². The minimum atomic E-state index is -0.446. The molecule has 1 aliphatic rings. The summed E-state index contributed by atoms with van der Waals surface area (Å²) in [6, 6.07) is 1.63. The minimum absolute atomic E-state index is 0.224. The van der Waals surface area contributed by atoms with Gasteiger partial charge < -0.3 is 9.26 Å². The monoisotopic (exact) mass is 259 g/mol. The lowest BCUT2D eigenvalue weighted by Crippen LogP contribution is -2.04. The van der Waals surface area contributed by atoms with Gasteiger partial charge in [0.1, 0.15) is 5.76 Å². The van der Waals surface area contributed by atoms with Crippen molar-refractivity contribution in [1.29, 1.82) is 0 Å². The summed E-state index contributed by atoms with van der Waals surface area (Å²) in [7, 11) is 0. The molecular weight excluding hydrogens is 242 g/mol. The quantitative estimate of drug-likeness (QED) is 0.779. The van der Waals surface area contributed by atoms with Crippen molar-refractivity contribution in [1.82, 2.24) is 5.16 Å². The smallest absolute Gasteiger partial charge is 0.360 e. The zero-order valence-corrected chi connectivity index (χ0v) is 11.2. The molecule has 4 nitrogen and oxygen atoms in total. The van der Waals surface area contributed by atoms with Gasteiger partial charge in [-0.05, 0) is 25.8 Å². The van der Waals surface area contributed by atoms with Gasteiger partial charge in [-0.3, -0.25) is 0 Å². The van der Waals surface area contributed by atoms with E-state index in [0.29, 0.717) is 18.8 Å². The number of carbonyl (C=O) groups excluding carboxylic acids is 1. The third-order valence-corrected chi connectivity index (χ3v) is 2.78. The van der Waals surface area contributed by atoms with E-state index < -0.39 is 5.97 Å². The second-order valence-corrected chi connectivity index (χ2v) is 4.44. The summed E-state index contributed by atoms with van der Waals surface area (Å²) in [6.07, 6.45) is 9.92. The van der Waals surface area contributed by atoms with E-state index in [-0.39, 0.29) is 5.69 Å². The van der Waals surface area contributed by atoms with Gasteiger partial charge in [-0.25, -0.2) is 4.79 Å². The van der Waals surface area contributed by atoms with Gasteiger partial charge in [0.25, 0.3) is 0 Å². The molecule has 1 heterocycles. The van der Waals surface area contributed by atoms with Gasteiger partial charge in [0.05, 0.1) is 6.61 Å². The van der Waals surface area contributed by atoms with E-state index in [2.05, 4.69) is 36.4 Å². The van der Waals surface area contributed by atoms with Crippen LogP contribution in [0.25, 0.3) is 0 Å². The molecule has 0 bridgehead atoms. The molecule has 1 aromatic heterocycles. The average molecular weight is 259 g/mol. The fourth-order valence-electron chi connectivity index (χ4n) is 1.79. The van der Waals surface area contributed by atoms with Crippen molar-refractivity contribution in [3.05, 3.63) is 53.0 Å². The Balaban J connectivity index is 2.06. The van der Waals surface area contributed by atoms with Crippen molar-refractivity contribution in [2.24, 2.45) is 0 Å². The van der Waals surface area contributed by atoms with Crippen LogP contribution >= 0.6 is 0 Å². The molecule has 0 radical (unpaired) electrons. The molecule has 0 aromatic carbocycles. The molecule has 100 valence electrons. The molecule has 0 aliphatic heterocycles. The predicted octanol–water partition coefficient (Wildman–Crippen LogP) is 3.23. The molecule has 0 amide bonds. The summed E-state index contributed by atoms with van der Waals surface area (Å²) in [4.78, 5) is 11.5. The Hall–Kier alpha value is -2.10. The maximum atomic E-state index is 11.5. The van der Waals surface area contributed by atoms with Crippen molar-refractivity contribution in [2.45, 2.75) is 26.7 Å². The van der Waals surface area contributed by atoms with Crippen LogP contribution in [0.4, 0.5) is 0 Å². The Kier molecular flexibility index (Phi) is 4.34. The number of ether oxygens (including phenoxy) is 1. The Bertz CT molecular complexity index is 549. The molecule has 4 heteroatoms. The van der Waals surface area contributed by atoms with E-state index >= 15 is 0 Å². The van der Waals surface area contributed by atoms with Gasteiger partial charge in [-0.1, -0.05) is 35.0 Å². The molecule has 0 spiro atoms. The highest BCUT2D eigenvalue weighted by Crippen LogP contribution is 2.16. The van der Waals surface area contributed by atoms with Crippen LogP contribution in [0.5, 0.6) is 0 Å². The lowest BCUT2D eigenvalue weighted by atomic mass is 10.1. The summed E-state index contributed by atoms with van der Waals surface area (Å²) in [5.74, 6) is 0.213. The summed E-state index contributed by atoms with van der Waals surface area (Å²) in [6.45, 7) is 4.19. The van der Waals surface area contributed by atoms with Crippen LogP contribution in [-0.2, 0) is 11.2 Å². The van der Waals surface area contributed by atoms with E-state index in [4.69, 9.17) is 9.26 Å².